The number of benzene rings is 2. The Morgan fingerprint density at radius 2 is 1.91 bits per heavy atom. The molecule has 2 aromatic carbocycles. The van der Waals surface area contributed by atoms with E-state index in [0.29, 0.717) is 11.5 Å². The quantitative estimate of drug-likeness (QED) is 0.843. The third-order valence-corrected chi connectivity index (χ3v) is 4.34. The summed E-state index contributed by atoms with van der Waals surface area (Å²) in [6.07, 6.45) is 1.76. The van der Waals surface area contributed by atoms with E-state index in [1.807, 2.05) is 42.5 Å². The highest BCUT2D eigenvalue weighted by Gasteiger charge is 2.22. The van der Waals surface area contributed by atoms with Crippen LogP contribution < -0.4 is 10.1 Å². The number of nitrogens with one attached hydrogen (secondary N) is 2. The van der Waals surface area contributed by atoms with Crippen molar-refractivity contribution in [1.29, 1.82) is 5.41 Å². The van der Waals surface area contributed by atoms with Crippen molar-refractivity contribution in [2.75, 3.05) is 0 Å². The summed E-state index contributed by atoms with van der Waals surface area (Å²) in [6, 6.07) is 15.7. The van der Waals surface area contributed by atoms with Crippen LogP contribution in [0.4, 0.5) is 0 Å². The van der Waals surface area contributed by atoms with E-state index in [1.165, 1.54) is 5.56 Å². The minimum absolute atomic E-state index is 0.152. The molecule has 1 fully saturated rings. The van der Waals surface area contributed by atoms with E-state index >= 15 is 0 Å². The summed E-state index contributed by atoms with van der Waals surface area (Å²) < 4.78 is 5.94. The normalized spacial score (nSPS) is 15.8. The Hall–Kier alpha value is -2.53. The first-order valence-electron chi connectivity index (χ1n) is 7.19. The number of para-hydroxylation sites is 1. The van der Waals surface area contributed by atoms with Gasteiger partial charge in [-0.15, -0.1) is 0 Å². The fraction of sp³-hybridized carbons (Fsp3) is 0.111. The molecule has 0 aliphatic carbocycles. The van der Waals surface area contributed by atoms with Crippen molar-refractivity contribution >= 4 is 28.9 Å². The van der Waals surface area contributed by atoms with Crippen LogP contribution in [0.25, 0.3) is 6.08 Å². The second-order valence-corrected chi connectivity index (χ2v) is 6.20. The number of carbonyl (C=O) groups excluding carboxylic acids is 1. The Labute approximate surface area is 139 Å². The molecule has 23 heavy (non-hydrogen) atoms. The van der Waals surface area contributed by atoms with E-state index < -0.39 is 0 Å². The van der Waals surface area contributed by atoms with Crippen LogP contribution in [0, 0.1) is 12.3 Å². The maximum Gasteiger partial charge on any atom is 0.264 e. The van der Waals surface area contributed by atoms with Crippen molar-refractivity contribution in [1.82, 2.24) is 5.32 Å². The Balaban J connectivity index is 1.81. The van der Waals surface area contributed by atoms with Gasteiger partial charge in [-0.25, -0.2) is 0 Å². The first kappa shape index (κ1) is 15.4. The van der Waals surface area contributed by atoms with Crippen LogP contribution >= 0.6 is 11.8 Å². The van der Waals surface area contributed by atoms with Crippen molar-refractivity contribution < 1.29 is 9.53 Å². The topological polar surface area (TPSA) is 62.2 Å². The number of aryl methyl sites for hydroxylation is 1. The molecule has 4 nitrogen and oxygen atoms in total. The van der Waals surface area contributed by atoms with Crippen LogP contribution in [0.1, 0.15) is 16.7 Å². The van der Waals surface area contributed by atoms with E-state index in [2.05, 4.69) is 18.3 Å². The molecular weight excluding hydrogens is 308 g/mol. The van der Waals surface area contributed by atoms with Gasteiger partial charge in [0.25, 0.3) is 5.91 Å². The lowest BCUT2D eigenvalue weighted by molar-refractivity contribution is -0.115. The molecule has 5 heteroatoms. The average molecular weight is 324 g/mol. The lowest BCUT2D eigenvalue weighted by atomic mass is 10.1. The second-order valence-electron chi connectivity index (χ2n) is 5.15. The predicted molar refractivity (Wildman–Crippen MR) is 93.4 cm³/mol. The average Bonchev–Trinajstić information content (AvgIpc) is 2.85. The number of amidine groups is 1. The van der Waals surface area contributed by atoms with Crippen LogP contribution in [-0.2, 0) is 11.4 Å². The molecule has 0 spiro atoms. The van der Waals surface area contributed by atoms with E-state index in [-0.39, 0.29) is 11.1 Å². The van der Waals surface area contributed by atoms with Crippen LogP contribution in [0.2, 0.25) is 0 Å². The lowest BCUT2D eigenvalue weighted by Crippen LogP contribution is -2.18. The molecule has 116 valence electrons. The number of carbonyl (C=O) groups is 1. The van der Waals surface area contributed by atoms with Gasteiger partial charge in [0.2, 0.25) is 0 Å². The number of amides is 1. The van der Waals surface area contributed by atoms with Gasteiger partial charge in [0.15, 0.2) is 5.17 Å². The number of hydrogen-bond acceptors (Lipinski definition) is 4. The monoisotopic (exact) mass is 324 g/mol. The number of ether oxygens (including phenoxy) is 1. The molecular formula is C18H16N2O2S. The van der Waals surface area contributed by atoms with Gasteiger partial charge in [-0.3, -0.25) is 10.2 Å². The van der Waals surface area contributed by atoms with Crippen LogP contribution in [0.3, 0.4) is 0 Å². The number of rotatable bonds is 4. The Bertz CT molecular complexity index is 799. The van der Waals surface area contributed by atoms with Crippen LogP contribution in [-0.4, -0.2) is 11.1 Å². The van der Waals surface area contributed by atoms with Crippen molar-refractivity contribution in [2.45, 2.75) is 13.5 Å². The molecule has 0 saturated carbocycles. The first-order chi connectivity index (χ1) is 11.1. The third-order valence-electron chi connectivity index (χ3n) is 3.51. The van der Waals surface area contributed by atoms with E-state index in [0.717, 1.165) is 28.6 Å². The smallest absolute Gasteiger partial charge is 0.264 e. The van der Waals surface area contributed by atoms with Crippen molar-refractivity contribution in [3.8, 4) is 5.75 Å². The molecule has 1 amide bonds. The Morgan fingerprint density at radius 3 is 2.65 bits per heavy atom. The standard InChI is InChI=1S/C18H16N2O2S/c1-12-6-2-3-8-14(12)11-22-15-9-5-4-7-13(15)10-16-17(21)20-18(19)23-16/h2-10H,11H2,1H3,(H2,19,20,21)/b16-10-. The lowest BCUT2D eigenvalue weighted by Gasteiger charge is -2.11. The highest BCUT2D eigenvalue weighted by molar-refractivity contribution is 8.18. The van der Waals surface area contributed by atoms with Gasteiger partial charge in [-0.05, 0) is 42.0 Å². The van der Waals surface area contributed by atoms with Gasteiger partial charge < -0.3 is 10.1 Å². The summed E-state index contributed by atoms with van der Waals surface area (Å²) >= 11 is 1.12. The maximum atomic E-state index is 11.7. The molecule has 0 atom stereocenters. The van der Waals surface area contributed by atoms with E-state index in [1.54, 1.807) is 6.08 Å². The van der Waals surface area contributed by atoms with Gasteiger partial charge in [0, 0.05) is 5.56 Å². The summed E-state index contributed by atoms with van der Waals surface area (Å²) in [7, 11) is 0. The van der Waals surface area contributed by atoms with Crippen molar-refractivity contribution in [3.63, 3.8) is 0 Å². The first-order valence-corrected chi connectivity index (χ1v) is 8.01. The fourth-order valence-corrected chi connectivity index (χ4v) is 2.93. The fourth-order valence-electron chi connectivity index (χ4n) is 2.24. The molecule has 0 aromatic heterocycles. The van der Waals surface area contributed by atoms with Gasteiger partial charge in [0.05, 0.1) is 4.91 Å². The molecule has 1 saturated heterocycles. The largest absolute Gasteiger partial charge is 0.488 e. The Morgan fingerprint density at radius 1 is 1.17 bits per heavy atom. The van der Waals surface area contributed by atoms with Gasteiger partial charge in [0.1, 0.15) is 12.4 Å². The summed E-state index contributed by atoms with van der Waals surface area (Å²) in [5.74, 6) is 0.476. The zero-order valence-corrected chi connectivity index (χ0v) is 13.4. The number of thioether (sulfide) groups is 1. The Kier molecular flexibility index (Phi) is 4.48. The molecule has 2 aromatic rings. The third kappa shape index (κ3) is 3.63. The van der Waals surface area contributed by atoms with E-state index in [9.17, 15) is 4.79 Å². The van der Waals surface area contributed by atoms with Gasteiger partial charge in [-0.1, -0.05) is 42.5 Å². The number of hydrogen-bond donors (Lipinski definition) is 2. The molecule has 3 rings (SSSR count). The summed E-state index contributed by atoms with van der Waals surface area (Å²) in [4.78, 5) is 12.2. The van der Waals surface area contributed by atoms with Gasteiger partial charge in [-0.2, -0.15) is 0 Å². The van der Waals surface area contributed by atoms with Crippen LogP contribution in [0.15, 0.2) is 53.4 Å². The minimum atomic E-state index is -0.242. The van der Waals surface area contributed by atoms with E-state index in [4.69, 9.17) is 10.1 Å². The highest BCUT2D eigenvalue weighted by atomic mass is 32.2. The zero-order chi connectivity index (χ0) is 16.2. The summed E-state index contributed by atoms with van der Waals surface area (Å²) in [5, 5.41) is 10.1. The van der Waals surface area contributed by atoms with Crippen LogP contribution in [0.5, 0.6) is 5.75 Å². The predicted octanol–water partition coefficient (Wildman–Crippen LogP) is 3.71. The zero-order valence-electron chi connectivity index (χ0n) is 12.6. The highest BCUT2D eigenvalue weighted by Crippen LogP contribution is 2.29. The maximum absolute atomic E-state index is 11.7. The minimum Gasteiger partial charge on any atom is -0.488 e. The molecule has 1 aliphatic rings. The molecule has 0 unspecified atom stereocenters. The molecule has 0 bridgehead atoms. The molecule has 0 radical (unpaired) electrons. The molecule has 2 N–H and O–H groups in total. The molecule has 1 heterocycles. The second kappa shape index (κ2) is 6.71. The molecule has 1 aliphatic heterocycles. The van der Waals surface area contributed by atoms with Crippen molar-refractivity contribution in [3.05, 3.63) is 70.1 Å². The summed E-state index contributed by atoms with van der Waals surface area (Å²) in [6.45, 7) is 2.53. The van der Waals surface area contributed by atoms with Crippen molar-refractivity contribution in [2.24, 2.45) is 0 Å². The summed E-state index contributed by atoms with van der Waals surface area (Å²) in [5.41, 5.74) is 3.14. The SMILES string of the molecule is Cc1ccccc1COc1ccccc1/C=C1\SC(=N)NC1=O. The van der Waals surface area contributed by atoms with Gasteiger partial charge >= 0.3 is 0 Å².